The Balaban J connectivity index is 1.59. The predicted octanol–water partition coefficient (Wildman–Crippen LogP) is 5.71. The van der Waals surface area contributed by atoms with Gasteiger partial charge in [0.2, 0.25) is 5.78 Å². The third kappa shape index (κ3) is 4.32. The van der Waals surface area contributed by atoms with Crippen molar-refractivity contribution in [2.45, 2.75) is 12.8 Å². The topological polar surface area (TPSA) is 67.0 Å². The highest BCUT2D eigenvalue weighted by atomic mass is 32.2. The Morgan fingerprint density at radius 3 is 2.94 bits per heavy atom. The van der Waals surface area contributed by atoms with Gasteiger partial charge >= 0.3 is 0 Å². The molecule has 5 nitrogen and oxygen atoms in total. The lowest BCUT2D eigenvalue weighted by atomic mass is 10.0. The van der Waals surface area contributed by atoms with Crippen molar-refractivity contribution in [1.29, 1.82) is 0 Å². The summed E-state index contributed by atoms with van der Waals surface area (Å²) in [7, 11) is 1.46. The number of aromatic amines is 1. The number of carbonyl (C=O) groups excluding carboxylic acids is 1. The number of thioether (sulfide) groups is 1. The number of allylic oxidation sites excluding steroid dienone is 4. The number of halogens is 3. The lowest BCUT2D eigenvalue weighted by Crippen LogP contribution is -2.10. The van der Waals surface area contributed by atoms with Crippen LogP contribution in [0.1, 0.15) is 28.8 Å². The molecule has 0 amide bonds. The van der Waals surface area contributed by atoms with Crippen LogP contribution in [-0.4, -0.2) is 28.7 Å². The minimum absolute atomic E-state index is 0.0137. The highest BCUT2D eigenvalue weighted by molar-refractivity contribution is 8.03. The van der Waals surface area contributed by atoms with E-state index in [9.17, 15) is 13.6 Å². The molecule has 0 saturated heterocycles. The first-order valence-electron chi connectivity index (χ1n) is 9.44. The summed E-state index contributed by atoms with van der Waals surface area (Å²) in [6, 6.07) is 3.85. The van der Waals surface area contributed by atoms with Crippen molar-refractivity contribution in [2.75, 3.05) is 18.3 Å². The van der Waals surface area contributed by atoms with Gasteiger partial charge in [0.15, 0.2) is 5.82 Å². The van der Waals surface area contributed by atoms with E-state index in [1.807, 2.05) is 0 Å². The Bertz CT molecular complexity index is 1220. The number of anilines is 1. The third-order valence-electron chi connectivity index (χ3n) is 4.85. The molecule has 2 N–H and O–H groups in total. The second-order valence-corrected chi connectivity index (χ2v) is 7.89. The SMILES string of the molecule is COc1cnc2[nH]cc(C(=O)c3c(F)ccc(NCSC4=CC(F)=CCC4)c3F)c2c1. The Morgan fingerprint density at radius 1 is 1.32 bits per heavy atom. The number of hydrogen-bond acceptors (Lipinski definition) is 5. The first kappa shape index (κ1) is 21.0. The summed E-state index contributed by atoms with van der Waals surface area (Å²) >= 11 is 1.32. The summed E-state index contributed by atoms with van der Waals surface area (Å²) < 4.78 is 48.0. The van der Waals surface area contributed by atoms with Gasteiger partial charge in [0.1, 0.15) is 23.0 Å². The summed E-state index contributed by atoms with van der Waals surface area (Å²) in [4.78, 5) is 20.8. The Kier molecular flexibility index (Phi) is 6.03. The van der Waals surface area contributed by atoms with E-state index < -0.39 is 23.0 Å². The number of carbonyl (C=O) groups is 1. The van der Waals surface area contributed by atoms with Crippen LogP contribution in [0.3, 0.4) is 0 Å². The molecule has 1 aliphatic rings. The van der Waals surface area contributed by atoms with Crippen LogP contribution in [-0.2, 0) is 0 Å². The minimum atomic E-state index is -0.987. The fourth-order valence-electron chi connectivity index (χ4n) is 3.27. The number of rotatable bonds is 7. The number of aromatic nitrogens is 2. The van der Waals surface area contributed by atoms with Crippen LogP contribution >= 0.6 is 11.8 Å². The Labute approximate surface area is 180 Å². The summed E-state index contributed by atoms with van der Waals surface area (Å²) in [6.07, 6.45) is 7.09. The molecule has 31 heavy (non-hydrogen) atoms. The van der Waals surface area contributed by atoms with E-state index in [1.54, 1.807) is 6.07 Å². The number of hydrogen-bond donors (Lipinski definition) is 2. The predicted molar refractivity (Wildman–Crippen MR) is 115 cm³/mol. The largest absolute Gasteiger partial charge is 0.495 e. The number of H-pyrrole nitrogens is 1. The first-order valence-corrected chi connectivity index (χ1v) is 10.4. The van der Waals surface area contributed by atoms with E-state index in [2.05, 4.69) is 15.3 Å². The van der Waals surface area contributed by atoms with Crippen molar-refractivity contribution in [1.82, 2.24) is 9.97 Å². The monoisotopic (exact) mass is 445 g/mol. The van der Waals surface area contributed by atoms with Crippen LogP contribution in [0.2, 0.25) is 0 Å². The van der Waals surface area contributed by atoms with Gasteiger partial charge in [0.25, 0.3) is 0 Å². The average molecular weight is 445 g/mol. The van der Waals surface area contributed by atoms with Gasteiger partial charge in [-0.05, 0) is 48.1 Å². The summed E-state index contributed by atoms with van der Waals surface area (Å²) in [5.74, 6) is -2.40. The summed E-state index contributed by atoms with van der Waals surface area (Å²) in [5, 5.41) is 3.24. The normalized spacial score (nSPS) is 13.7. The molecule has 0 bridgehead atoms. The van der Waals surface area contributed by atoms with Gasteiger partial charge in [-0.15, -0.1) is 11.8 Å². The zero-order valence-corrected chi connectivity index (χ0v) is 17.3. The second-order valence-electron chi connectivity index (χ2n) is 6.79. The van der Waals surface area contributed by atoms with E-state index in [0.717, 1.165) is 11.0 Å². The number of benzene rings is 1. The number of nitrogens with zero attached hydrogens (tertiary/aromatic N) is 1. The van der Waals surface area contributed by atoms with Crippen molar-refractivity contribution in [3.8, 4) is 5.75 Å². The number of ether oxygens (including phenoxy) is 1. The molecule has 2 heterocycles. The number of pyridine rings is 1. The van der Waals surface area contributed by atoms with Crippen molar-refractivity contribution in [3.05, 3.63) is 76.2 Å². The van der Waals surface area contributed by atoms with Gasteiger partial charge in [-0.3, -0.25) is 4.79 Å². The molecule has 0 fully saturated rings. The minimum Gasteiger partial charge on any atom is -0.495 e. The van der Waals surface area contributed by atoms with Crippen LogP contribution in [0.25, 0.3) is 11.0 Å². The number of methoxy groups -OCH3 is 1. The molecule has 3 aromatic rings. The number of fused-ring (bicyclic) bond motifs is 1. The van der Waals surface area contributed by atoms with Crippen LogP contribution in [0, 0.1) is 11.6 Å². The fraction of sp³-hybridized carbons (Fsp3) is 0.182. The number of nitrogens with one attached hydrogen (secondary N) is 2. The molecule has 0 aliphatic heterocycles. The molecule has 0 atom stereocenters. The van der Waals surface area contributed by atoms with E-state index >= 15 is 4.39 Å². The van der Waals surface area contributed by atoms with Gasteiger partial charge in [-0.25, -0.2) is 18.2 Å². The molecule has 4 rings (SSSR count). The van der Waals surface area contributed by atoms with E-state index in [4.69, 9.17) is 4.74 Å². The lowest BCUT2D eigenvalue weighted by Gasteiger charge is -2.13. The molecule has 0 saturated carbocycles. The molecule has 1 aromatic carbocycles. The number of ketones is 1. The van der Waals surface area contributed by atoms with Gasteiger partial charge < -0.3 is 15.0 Å². The van der Waals surface area contributed by atoms with E-state index in [0.29, 0.717) is 29.6 Å². The van der Waals surface area contributed by atoms with E-state index in [1.165, 1.54) is 49.5 Å². The van der Waals surface area contributed by atoms with E-state index in [-0.39, 0.29) is 23.0 Å². The van der Waals surface area contributed by atoms with Gasteiger partial charge in [-0.1, -0.05) is 0 Å². The van der Waals surface area contributed by atoms with Crippen LogP contribution in [0.4, 0.5) is 18.9 Å². The smallest absolute Gasteiger partial charge is 0.201 e. The van der Waals surface area contributed by atoms with Gasteiger partial charge in [-0.2, -0.15) is 0 Å². The second kappa shape index (κ2) is 8.89. The maximum atomic E-state index is 15.1. The molecular formula is C22H18F3N3O2S. The zero-order chi connectivity index (χ0) is 22.0. The Hall–Kier alpha value is -3.20. The highest BCUT2D eigenvalue weighted by Gasteiger charge is 2.24. The average Bonchev–Trinajstić information content (AvgIpc) is 3.18. The zero-order valence-electron chi connectivity index (χ0n) is 16.5. The van der Waals surface area contributed by atoms with Crippen molar-refractivity contribution in [2.24, 2.45) is 0 Å². The third-order valence-corrected chi connectivity index (χ3v) is 5.84. The Morgan fingerprint density at radius 2 is 2.16 bits per heavy atom. The van der Waals surface area contributed by atoms with Crippen molar-refractivity contribution < 1.29 is 22.7 Å². The molecule has 0 radical (unpaired) electrons. The summed E-state index contributed by atoms with van der Waals surface area (Å²) in [6.45, 7) is 0. The molecule has 2 aromatic heterocycles. The fourth-order valence-corrected chi connectivity index (χ4v) is 4.14. The lowest BCUT2D eigenvalue weighted by molar-refractivity contribution is 0.103. The quantitative estimate of drug-likeness (QED) is 0.360. The maximum absolute atomic E-state index is 15.1. The molecule has 0 spiro atoms. The van der Waals surface area contributed by atoms with Gasteiger partial charge in [0.05, 0.1) is 30.4 Å². The summed E-state index contributed by atoms with van der Waals surface area (Å²) in [5.41, 5.74) is -0.192. The first-order chi connectivity index (χ1) is 15.0. The maximum Gasteiger partial charge on any atom is 0.201 e. The highest BCUT2D eigenvalue weighted by Crippen LogP contribution is 2.30. The van der Waals surface area contributed by atoms with Gasteiger partial charge in [0, 0.05) is 17.1 Å². The van der Waals surface area contributed by atoms with Crippen molar-refractivity contribution >= 4 is 34.3 Å². The van der Waals surface area contributed by atoms with Crippen LogP contribution < -0.4 is 10.1 Å². The molecular weight excluding hydrogens is 427 g/mol. The van der Waals surface area contributed by atoms with Crippen LogP contribution in [0.5, 0.6) is 5.75 Å². The van der Waals surface area contributed by atoms with Crippen LogP contribution in [0.15, 0.2) is 53.5 Å². The standard InChI is InChI=1S/C22H18F3N3O2S/c1-30-13-8-15-16(10-27-22(15)26-9-13)21(29)19-17(24)5-6-18(20(19)25)28-11-31-14-4-2-3-12(23)7-14/h3,5-10,28H,2,4,11H2,1H3,(H,26,27). The molecule has 0 unspecified atom stereocenters. The van der Waals surface area contributed by atoms with Crippen molar-refractivity contribution in [3.63, 3.8) is 0 Å². The molecule has 9 heteroatoms. The molecule has 1 aliphatic carbocycles. The molecule has 160 valence electrons.